The molecular weight excluding hydrogens is 268 g/mol. The predicted octanol–water partition coefficient (Wildman–Crippen LogP) is 2.73. The smallest absolute Gasteiger partial charge is 0.224 e. The van der Waals surface area contributed by atoms with E-state index in [2.05, 4.69) is 9.97 Å². The summed E-state index contributed by atoms with van der Waals surface area (Å²) in [5.41, 5.74) is 0.737. The average molecular weight is 281 g/mol. The molecule has 0 aliphatic heterocycles. The molecule has 0 aliphatic rings. The minimum Gasteiger partial charge on any atom is -0.493 e. The molecule has 0 amide bonds. The van der Waals surface area contributed by atoms with E-state index in [-0.39, 0.29) is 6.61 Å². The van der Waals surface area contributed by atoms with E-state index in [0.29, 0.717) is 28.4 Å². The van der Waals surface area contributed by atoms with E-state index in [1.54, 1.807) is 25.1 Å². The second kappa shape index (κ2) is 5.86. The van der Waals surface area contributed by atoms with Crippen LogP contribution in [0, 0.1) is 6.92 Å². The summed E-state index contributed by atoms with van der Waals surface area (Å²) in [4.78, 5) is 8.08. The lowest BCUT2D eigenvalue weighted by molar-refractivity contribution is 0.280. The number of aromatic nitrogens is 2. The van der Waals surface area contributed by atoms with Crippen molar-refractivity contribution >= 4 is 11.6 Å². The van der Waals surface area contributed by atoms with Gasteiger partial charge in [0, 0.05) is 6.07 Å². The zero-order chi connectivity index (χ0) is 13.8. The van der Waals surface area contributed by atoms with Crippen molar-refractivity contribution < 1.29 is 14.6 Å². The molecule has 0 spiro atoms. The molecule has 6 heteroatoms. The second-order valence-electron chi connectivity index (χ2n) is 3.82. The molecule has 2 rings (SSSR count). The first-order valence-electron chi connectivity index (χ1n) is 5.59. The van der Waals surface area contributed by atoms with Crippen LogP contribution in [0.15, 0.2) is 24.3 Å². The van der Waals surface area contributed by atoms with E-state index in [9.17, 15) is 0 Å². The number of hydrogen-bond donors (Lipinski definition) is 1. The van der Waals surface area contributed by atoms with Crippen molar-refractivity contribution in [1.82, 2.24) is 9.97 Å². The Morgan fingerprint density at radius 2 is 2.00 bits per heavy atom. The van der Waals surface area contributed by atoms with Crippen molar-refractivity contribution in [2.75, 3.05) is 7.11 Å². The maximum absolute atomic E-state index is 9.08. The summed E-state index contributed by atoms with van der Waals surface area (Å²) in [5.74, 6) is 1.87. The van der Waals surface area contributed by atoms with E-state index >= 15 is 0 Å². The Bertz CT molecular complexity index is 570. The van der Waals surface area contributed by atoms with Gasteiger partial charge in [-0.2, -0.15) is 4.98 Å². The number of halogens is 1. The molecule has 0 atom stereocenters. The van der Waals surface area contributed by atoms with E-state index in [1.165, 1.54) is 13.2 Å². The molecule has 0 bridgehead atoms. The zero-order valence-electron chi connectivity index (χ0n) is 10.6. The largest absolute Gasteiger partial charge is 0.493 e. The quantitative estimate of drug-likeness (QED) is 0.873. The molecule has 0 saturated heterocycles. The van der Waals surface area contributed by atoms with Crippen LogP contribution in [0.4, 0.5) is 0 Å². The van der Waals surface area contributed by atoms with Crippen molar-refractivity contribution in [3.05, 3.63) is 40.8 Å². The fraction of sp³-hybridized carbons (Fsp3) is 0.231. The van der Waals surface area contributed by atoms with Gasteiger partial charge in [0.15, 0.2) is 11.5 Å². The van der Waals surface area contributed by atoms with Crippen LogP contribution in [-0.2, 0) is 6.61 Å². The molecule has 5 nitrogen and oxygen atoms in total. The third-order valence-electron chi connectivity index (χ3n) is 2.41. The minimum absolute atomic E-state index is 0.0604. The van der Waals surface area contributed by atoms with Gasteiger partial charge in [-0.15, -0.1) is 0 Å². The zero-order valence-corrected chi connectivity index (χ0v) is 11.3. The van der Waals surface area contributed by atoms with Crippen LogP contribution in [0.25, 0.3) is 0 Å². The standard InChI is InChI=1S/C13H13ClN2O3/c1-8-15-12(14)6-13(16-8)19-10-4-3-9(7-17)5-11(10)18-2/h3-6,17H,7H2,1-2H3. The molecule has 0 radical (unpaired) electrons. The Kier molecular flexibility index (Phi) is 4.19. The first-order chi connectivity index (χ1) is 9.12. The van der Waals surface area contributed by atoms with Gasteiger partial charge in [0.05, 0.1) is 13.7 Å². The molecule has 0 fully saturated rings. The van der Waals surface area contributed by atoms with Gasteiger partial charge in [-0.25, -0.2) is 4.98 Å². The van der Waals surface area contributed by atoms with Gasteiger partial charge in [-0.1, -0.05) is 17.7 Å². The van der Waals surface area contributed by atoms with Gasteiger partial charge < -0.3 is 14.6 Å². The summed E-state index contributed by atoms with van der Waals surface area (Å²) in [6.07, 6.45) is 0. The molecule has 1 heterocycles. The number of aryl methyl sites for hydroxylation is 1. The van der Waals surface area contributed by atoms with Crippen molar-refractivity contribution in [3.63, 3.8) is 0 Å². The van der Waals surface area contributed by atoms with E-state index in [0.717, 1.165) is 5.56 Å². The molecule has 19 heavy (non-hydrogen) atoms. The number of nitrogens with zero attached hydrogens (tertiary/aromatic N) is 2. The number of rotatable bonds is 4. The van der Waals surface area contributed by atoms with Crippen LogP contribution in [0.5, 0.6) is 17.4 Å². The highest BCUT2D eigenvalue weighted by atomic mass is 35.5. The SMILES string of the molecule is COc1cc(CO)ccc1Oc1cc(Cl)nc(C)n1. The molecule has 1 N–H and O–H groups in total. The van der Waals surface area contributed by atoms with Crippen LogP contribution in [0.1, 0.15) is 11.4 Å². The minimum atomic E-state index is -0.0604. The van der Waals surface area contributed by atoms with E-state index in [4.69, 9.17) is 26.2 Å². The van der Waals surface area contributed by atoms with Gasteiger partial charge in [-0.05, 0) is 24.6 Å². The monoisotopic (exact) mass is 280 g/mol. The molecule has 0 unspecified atom stereocenters. The summed E-state index contributed by atoms with van der Waals surface area (Å²) in [6, 6.07) is 6.67. The first-order valence-corrected chi connectivity index (χ1v) is 5.97. The molecule has 1 aromatic carbocycles. The summed E-state index contributed by atoms with van der Waals surface area (Å²) in [7, 11) is 1.53. The van der Waals surface area contributed by atoms with Crippen molar-refractivity contribution in [3.8, 4) is 17.4 Å². The Morgan fingerprint density at radius 3 is 2.63 bits per heavy atom. The highest BCUT2D eigenvalue weighted by Crippen LogP contribution is 2.32. The Hall–Kier alpha value is -1.85. The van der Waals surface area contributed by atoms with E-state index < -0.39 is 0 Å². The lowest BCUT2D eigenvalue weighted by Crippen LogP contribution is -1.96. The number of aliphatic hydroxyl groups excluding tert-OH is 1. The lowest BCUT2D eigenvalue weighted by Gasteiger charge is -2.11. The highest BCUT2D eigenvalue weighted by Gasteiger charge is 2.09. The average Bonchev–Trinajstić information content (AvgIpc) is 2.38. The number of aliphatic hydroxyl groups is 1. The van der Waals surface area contributed by atoms with Crippen LogP contribution in [0.2, 0.25) is 5.15 Å². The van der Waals surface area contributed by atoms with Gasteiger partial charge >= 0.3 is 0 Å². The summed E-state index contributed by atoms with van der Waals surface area (Å²) in [5, 5.41) is 9.39. The van der Waals surface area contributed by atoms with Crippen LogP contribution < -0.4 is 9.47 Å². The van der Waals surface area contributed by atoms with Gasteiger partial charge in [0.25, 0.3) is 0 Å². The number of ether oxygens (including phenoxy) is 2. The third-order valence-corrected chi connectivity index (χ3v) is 2.60. The van der Waals surface area contributed by atoms with Gasteiger partial charge in [-0.3, -0.25) is 0 Å². The van der Waals surface area contributed by atoms with E-state index in [1.807, 2.05) is 0 Å². The molecule has 2 aromatic rings. The maximum Gasteiger partial charge on any atom is 0.224 e. The second-order valence-corrected chi connectivity index (χ2v) is 4.21. The molecular formula is C13H13ClN2O3. The van der Waals surface area contributed by atoms with Crippen molar-refractivity contribution in [2.45, 2.75) is 13.5 Å². The normalized spacial score (nSPS) is 10.3. The highest BCUT2D eigenvalue weighted by molar-refractivity contribution is 6.29. The van der Waals surface area contributed by atoms with Crippen LogP contribution >= 0.6 is 11.6 Å². The molecule has 0 aliphatic carbocycles. The number of benzene rings is 1. The Labute approximate surface area is 115 Å². The van der Waals surface area contributed by atoms with Crippen LogP contribution in [-0.4, -0.2) is 22.2 Å². The summed E-state index contributed by atoms with van der Waals surface area (Å²) in [6.45, 7) is 1.67. The number of methoxy groups -OCH3 is 1. The fourth-order valence-electron chi connectivity index (χ4n) is 1.57. The molecule has 1 aromatic heterocycles. The number of hydrogen-bond acceptors (Lipinski definition) is 5. The summed E-state index contributed by atoms with van der Waals surface area (Å²) < 4.78 is 10.8. The third kappa shape index (κ3) is 3.33. The van der Waals surface area contributed by atoms with Crippen molar-refractivity contribution in [1.29, 1.82) is 0 Å². The topological polar surface area (TPSA) is 64.5 Å². The molecule has 100 valence electrons. The van der Waals surface area contributed by atoms with Gasteiger partial charge in [0.1, 0.15) is 11.0 Å². The summed E-state index contributed by atoms with van der Waals surface area (Å²) >= 11 is 5.84. The Morgan fingerprint density at radius 1 is 1.21 bits per heavy atom. The van der Waals surface area contributed by atoms with Gasteiger partial charge in [0.2, 0.25) is 5.88 Å². The predicted molar refractivity (Wildman–Crippen MR) is 70.8 cm³/mol. The first kappa shape index (κ1) is 13.6. The van der Waals surface area contributed by atoms with Crippen LogP contribution in [0.3, 0.4) is 0 Å². The fourth-order valence-corrected chi connectivity index (χ4v) is 1.78. The Balaban J connectivity index is 2.32. The molecule has 0 saturated carbocycles. The maximum atomic E-state index is 9.08. The lowest BCUT2D eigenvalue weighted by atomic mass is 10.2. The van der Waals surface area contributed by atoms with Crippen molar-refractivity contribution in [2.24, 2.45) is 0 Å².